The van der Waals surface area contributed by atoms with Gasteiger partial charge >= 0.3 is 0 Å². The zero-order valence-corrected chi connectivity index (χ0v) is 19.1. The third-order valence-corrected chi connectivity index (χ3v) is 6.20. The quantitative estimate of drug-likeness (QED) is 0.496. The number of imidazole rings is 1. The Morgan fingerprint density at radius 1 is 1.12 bits per heavy atom. The molecule has 0 bridgehead atoms. The number of benzene rings is 2. The second-order valence-electron chi connectivity index (χ2n) is 8.73. The first-order valence-corrected chi connectivity index (χ1v) is 11.4. The Kier molecular flexibility index (Phi) is 5.98. The molecule has 2 aromatic heterocycles. The van der Waals surface area contributed by atoms with Crippen molar-refractivity contribution in [1.82, 2.24) is 19.1 Å². The van der Waals surface area contributed by atoms with E-state index >= 15 is 0 Å². The fourth-order valence-corrected chi connectivity index (χ4v) is 4.44. The molecule has 8 heteroatoms. The lowest BCUT2D eigenvalue weighted by atomic mass is 10.1. The molecule has 1 aliphatic heterocycles. The smallest absolute Gasteiger partial charge is 0.279 e. The molecule has 1 fully saturated rings. The predicted molar refractivity (Wildman–Crippen MR) is 133 cm³/mol. The highest BCUT2D eigenvalue weighted by atomic mass is 19.1. The van der Waals surface area contributed by atoms with Crippen LogP contribution >= 0.6 is 0 Å². The van der Waals surface area contributed by atoms with Gasteiger partial charge in [-0.05, 0) is 42.2 Å². The number of anilines is 1. The van der Waals surface area contributed by atoms with E-state index in [1.54, 1.807) is 31.3 Å². The molecular weight excluding hydrogens is 431 g/mol. The van der Waals surface area contributed by atoms with E-state index < -0.39 is 0 Å². The van der Waals surface area contributed by atoms with Gasteiger partial charge in [0, 0.05) is 26.2 Å². The van der Waals surface area contributed by atoms with Gasteiger partial charge in [0.15, 0.2) is 11.2 Å². The Hall–Kier alpha value is -3.78. The van der Waals surface area contributed by atoms with Crippen LogP contribution in [0, 0.1) is 5.82 Å². The summed E-state index contributed by atoms with van der Waals surface area (Å²) in [4.78, 5) is 25.2. The molecule has 4 aromatic rings. The molecular formula is C26H27FN6O. The van der Waals surface area contributed by atoms with Crippen molar-refractivity contribution in [3.05, 3.63) is 87.7 Å². The average Bonchev–Trinajstić information content (AvgIpc) is 3.19. The number of aromatic nitrogens is 4. The van der Waals surface area contributed by atoms with Gasteiger partial charge in [0.1, 0.15) is 11.6 Å². The van der Waals surface area contributed by atoms with Crippen LogP contribution in [0.25, 0.3) is 23.3 Å². The molecule has 1 aliphatic rings. The first-order chi connectivity index (χ1) is 16.5. The zero-order chi connectivity index (χ0) is 23.7. The Balaban J connectivity index is 1.63. The molecule has 174 valence electrons. The molecule has 1 atom stereocenters. The largest absolute Gasteiger partial charge is 0.341 e. The van der Waals surface area contributed by atoms with E-state index in [1.165, 1.54) is 16.7 Å². The van der Waals surface area contributed by atoms with E-state index in [9.17, 15) is 9.18 Å². The van der Waals surface area contributed by atoms with Crippen LogP contribution in [-0.4, -0.2) is 38.2 Å². The summed E-state index contributed by atoms with van der Waals surface area (Å²) in [6, 6.07) is 16.3. The summed E-state index contributed by atoms with van der Waals surface area (Å²) >= 11 is 0. The summed E-state index contributed by atoms with van der Waals surface area (Å²) < 4.78 is 17.0. The third-order valence-electron chi connectivity index (χ3n) is 6.20. The molecule has 0 radical (unpaired) electrons. The van der Waals surface area contributed by atoms with Gasteiger partial charge in [-0.3, -0.25) is 13.9 Å². The van der Waals surface area contributed by atoms with Gasteiger partial charge in [0.25, 0.3) is 5.56 Å². The molecule has 34 heavy (non-hydrogen) atoms. The topological polar surface area (TPSA) is 82.0 Å². The number of nitrogens with zero attached hydrogens (tertiary/aromatic N) is 5. The Bertz CT molecular complexity index is 1410. The number of hydrogen-bond acceptors (Lipinski definition) is 5. The zero-order valence-electron chi connectivity index (χ0n) is 19.1. The first kappa shape index (κ1) is 22.0. The fourth-order valence-electron chi connectivity index (χ4n) is 4.44. The highest BCUT2D eigenvalue weighted by molar-refractivity contribution is 5.77. The normalized spacial score (nSPS) is 16.6. The van der Waals surface area contributed by atoms with Crippen molar-refractivity contribution < 1.29 is 4.39 Å². The van der Waals surface area contributed by atoms with Crippen molar-refractivity contribution in [2.24, 2.45) is 12.8 Å². The van der Waals surface area contributed by atoms with Gasteiger partial charge < -0.3 is 10.6 Å². The molecule has 1 unspecified atom stereocenters. The van der Waals surface area contributed by atoms with E-state index in [2.05, 4.69) is 4.90 Å². The lowest BCUT2D eigenvalue weighted by molar-refractivity contribution is 0.495. The van der Waals surface area contributed by atoms with Crippen molar-refractivity contribution in [3.8, 4) is 0 Å². The van der Waals surface area contributed by atoms with Gasteiger partial charge in [-0.1, -0.05) is 48.5 Å². The molecule has 2 N–H and O–H groups in total. The molecule has 7 nitrogen and oxygen atoms in total. The summed E-state index contributed by atoms with van der Waals surface area (Å²) in [5.41, 5.74) is 8.68. The third kappa shape index (κ3) is 4.36. The lowest BCUT2D eigenvalue weighted by Gasteiger charge is -2.31. The van der Waals surface area contributed by atoms with Gasteiger partial charge in [-0.25, -0.2) is 9.37 Å². The number of piperidine rings is 1. The minimum Gasteiger partial charge on any atom is -0.341 e. The standard InChI is InChI=1S/C26H27FN6O/c1-31-22(13-12-18-9-5-10-20(27)15-18)29-24-23(25(31)34)33(16-19-7-3-2-4-8-19)26(30-24)32-14-6-11-21(28)17-32/h2-5,7-10,12-13,15,21H,6,11,14,16-17,28H2,1H3/b13-12+. The number of rotatable bonds is 5. The minimum atomic E-state index is -0.316. The summed E-state index contributed by atoms with van der Waals surface area (Å²) in [6.07, 6.45) is 5.40. The SMILES string of the molecule is Cn1c(/C=C/c2cccc(F)c2)nc2nc(N3CCCC(N)C3)n(Cc3ccccc3)c2c1=O. The number of nitrogens with two attached hydrogens (primary N) is 1. The average molecular weight is 459 g/mol. The van der Waals surface area contributed by atoms with Crippen LogP contribution in [0.1, 0.15) is 29.8 Å². The maximum absolute atomic E-state index is 13.5. The highest BCUT2D eigenvalue weighted by Crippen LogP contribution is 2.24. The molecule has 0 aliphatic carbocycles. The van der Waals surface area contributed by atoms with Crippen LogP contribution in [-0.2, 0) is 13.6 Å². The summed E-state index contributed by atoms with van der Waals surface area (Å²) in [5, 5.41) is 0. The number of hydrogen-bond donors (Lipinski definition) is 1. The fraction of sp³-hybridized carbons (Fsp3) is 0.269. The van der Waals surface area contributed by atoms with E-state index in [4.69, 9.17) is 15.7 Å². The van der Waals surface area contributed by atoms with Crippen LogP contribution in [0.3, 0.4) is 0 Å². The van der Waals surface area contributed by atoms with E-state index in [0.717, 1.165) is 24.9 Å². The first-order valence-electron chi connectivity index (χ1n) is 11.4. The van der Waals surface area contributed by atoms with Crippen LogP contribution in [0.4, 0.5) is 10.3 Å². The maximum atomic E-state index is 13.5. The second-order valence-corrected chi connectivity index (χ2v) is 8.73. The molecule has 0 spiro atoms. The molecule has 2 aromatic carbocycles. The van der Waals surface area contributed by atoms with E-state index in [1.807, 2.05) is 34.9 Å². The molecule has 0 saturated carbocycles. The van der Waals surface area contributed by atoms with Crippen LogP contribution in [0.5, 0.6) is 0 Å². The molecule has 1 saturated heterocycles. The minimum absolute atomic E-state index is 0.0688. The Labute approximate surface area is 197 Å². The monoisotopic (exact) mass is 458 g/mol. The Morgan fingerprint density at radius 3 is 2.71 bits per heavy atom. The van der Waals surface area contributed by atoms with Gasteiger partial charge in [0.2, 0.25) is 5.95 Å². The van der Waals surface area contributed by atoms with Crippen molar-refractivity contribution in [2.45, 2.75) is 25.4 Å². The van der Waals surface area contributed by atoms with Crippen LogP contribution in [0.15, 0.2) is 59.4 Å². The van der Waals surface area contributed by atoms with Crippen LogP contribution in [0.2, 0.25) is 0 Å². The number of fused-ring (bicyclic) bond motifs is 1. The van der Waals surface area contributed by atoms with Gasteiger partial charge in [-0.2, -0.15) is 4.98 Å². The highest BCUT2D eigenvalue weighted by Gasteiger charge is 2.25. The predicted octanol–water partition coefficient (Wildman–Crippen LogP) is 3.42. The van der Waals surface area contributed by atoms with Crippen LogP contribution < -0.4 is 16.2 Å². The summed E-state index contributed by atoms with van der Waals surface area (Å²) in [7, 11) is 1.69. The summed E-state index contributed by atoms with van der Waals surface area (Å²) in [5.74, 6) is 0.848. The summed E-state index contributed by atoms with van der Waals surface area (Å²) in [6.45, 7) is 2.02. The van der Waals surface area contributed by atoms with Crippen molar-refractivity contribution in [1.29, 1.82) is 0 Å². The Morgan fingerprint density at radius 2 is 1.94 bits per heavy atom. The van der Waals surface area contributed by atoms with Gasteiger partial charge in [0.05, 0.1) is 6.54 Å². The molecule has 3 heterocycles. The van der Waals surface area contributed by atoms with E-state index in [0.29, 0.717) is 41.6 Å². The lowest BCUT2D eigenvalue weighted by Crippen LogP contribution is -2.44. The van der Waals surface area contributed by atoms with Crippen molar-refractivity contribution in [2.75, 3.05) is 18.0 Å². The molecule has 0 amide bonds. The van der Waals surface area contributed by atoms with Crippen molar-refractivity contribution >= 4 is 29.3 Å². The second kappa shape index (κ2) is 9.23. The maximum Gasteiger partial charge on any atom is 0.279 e. The molecule has 5 rings (SSSR count). The van der Waals surface area contributed by atoms with Gasteiger partial charge in [-0.15, -0.1) is 0 Å². The van der Waals surface area contributed by atoms with Crippen molar-refractivity contribution in [3.63, 3.8) is 0 Å². The number of halogens is 1. The van der Waals surface area contributed by atoms with E-state index in [-0.39, 0.29) is 17.4 Å².